The maximum atomic E-state index is 14.3. The standard InChI is InChI=1S/C62H95N17O18/c1-7-32(4)50(61(95)70-34(6)62(96)97)79-51(85)33(5)69-53(87)39(17-18-48(83)84)72-56(90)43(25-35-13-9-8-10-14-35)76-55(89)42(21-24-65)73-54(88)41(20-23-64)74-59(93)46(30-81)78-57(91)44(26-36-27-67-38-16-12-11-15-37(36)38)77-58(92)45(29-80)71-47(82)28-68-52(86)40(19-22-63)75-60(94)49(66)31(2)3/h8-16,27,31-34,39-46,49-50,67,80-81H,7,17-26,28-30,63-66H2,1-6H3,(H,68,86)(H,69,87)(H,70,95)(H,71,82)(H,72,90)(H,73,88)(H,74,93)(H,75,94)(H,76,89)(H,77,92)(H,78,91)(H,79,85)(H,83,84)(H,96,97)/t32-,33-,34-,39-,40+,41-,42+,43-,44+,45+,46-,49+,50+/m0/s1. The molecule has 0 fully saturated rings. The lowest BCUT2D eigenvalue weighted by molar-refractivity contribution is -0.142. The summed E-state index contributed by atoms with van der Waals surface area (Å²) < 4.78 is 0. The molecular formula is C62H95N17O18. The zero-order valence-electron chi connectivity index (χ0n) is 55.1. The summed E-state index contributed by atoms with van der Waals surface area (Å²) in [7, 11) is 0. The Morgan fingerprint density at radius 1 is 0.464 bits per heavy atom. The Bertz CT molecular complexity index is 3190. The van der Waals surface area contributed by atoms with E-state index in [0.29, 0.717) is 28.5 Å². The maximum absolute atomic E-state index is 14.3. The number of aliphatic hydroxyl groups is 2. The molecule has 536 valence electrons. The second kappa shape index (κ2) is 41.3. The van der Waals surface area contributed by atoms with Crippen molar-refractivity contribution in [2.24, 2.45) is 34.8 Å². The number of fused-ring (bicyclic) bond motifs is 1. The fourth-order valence-electron chi connectivity index (χ4n) is 9.49. The average molecular weight is 1370 g/mol. The van der Waals surface area contributed by atoms with Crippen LogP contribution >= 0.6 is 0 Å². The summed E-state index contributed by atoms with van der Waals surface area (Å²) in [6, 6.07) is -2.67. The molecule has 0 saturated carbocycles. The average Bonchev–Trinajstić information content (AvgIpc) is 1.75. The van der Waals surface area contributed by atoms with E-state index in [4.69, 9.17) is 22.9 Å². The number of carbonyl (C=O) groups is 14. The summed E-state index contributed by atoms with van der Waals surface area (Å²) in [6.45, 7) is 5.81. The highest BCUT2D eigenvalue weighted by Gasteiger charge is 2.37. The molecule has 13 atom stereocenters. The lowest BCUT2D eigenvalue weighted by atomic mass is 9.97. The van der Waals surface area contributed by atoms with Gasteiger partial charge < -0.3 is 112 Å². The Labute approximate surface area is 559 Å². The first-order valence-corrected chi connectivity index (χ1v) is 31.7. The number of rotatable bonds is 43. The van der Waals surface area contributed by atoms with E-state index in [2.05, 4.69) is 68.8 Å². The molecule has 1 aromatic heterocycles. The molecule has 12 amide bonds. The highest BCUT2D eigenvalue weighted by Crippen LogP contribution is 2.20. The van der Waals surface area contributed by atoms with Crippen molar-refractivity contribution < 1.29 is 87.5 Å². The number of H-pyrrole nitrogens is 1. The van der Waals surface area contributed by atoms with Crippen molar-refractivity contribution in [2.45, 2.75) is 165 Å². The molecule has 35 heteroatoms. The summed E-state index contributed by atoms with van der Waals surface area (Å²) >= 11 is 0. The third-order valence-corrected chi connectivity index (χ3v) is 15.6. The minimum Gasteiger partial charge on any atom is -0.481 e. The number of carboxylic acids is 2. The third-order valence-electron chi connectivity index (χ3n) is 15.6. The molecule has 0 bridgehead atoms. The number of aromatic amines is 1. The molecule has 0 aliphatic carbocycles. The van der Waals surface area contributed by atoms with Crippen molar-refractivity contribution in [3.63, 3.8) is 0 Å². The van der Waals surface area contributed by atoms with Crippen molar-refractivity contribution in [3.8, 4) is 0 Å². The van der Waals surface area contributed by atoms with Gasteiger partial charge in [-0.05, 0) is 88.2 Å². The van der Waals surface area contributed by atoms with Gasteiger partial charge in [0.1, 0.15) is 66.5 Å². The van der Waals surface area contributed by atoms with Gasteiger partial charge in [-0.1, -0.05) is 82.6 Å². The highest BCUT2D eigenvalue weighted by molar-refractivity contribution is 6.00. The minimum absolute atomic E-state index is 0.0235. The van der Waals surface area contributed by atoms with E-state index >= 15 is 0 Å². The van der Waals surface area contributed by atoms with Gasteiger partial charge in [0.25, 0.3) is 0 Å². The fourth-order valence-corrected chi connectivity index (χ4v) is 9.49. The molecule has 3 aromatic rings. The summed E-state index contributed by atoms with van der Waals surface area (Å²) in [5, 5.41) is 69.4. The number of aliphatic carboxylic acids is 2. The number of nitrogens with one attached hydrogen (secondary N) is 13. The van der Waals surface area contributed by atoms with Crippen LogP contribution in [0, 0.1) is 11.8 Å². The van der Waals surface area contributed by atoms with E-state index in [9.17, 15) is 87.5 Å². The lowest BCUT2D eigenvalue weighted by Crippen LogP contribution is -2.61. The molecule has 0 saturated heterocycles. The normalized spacial score (nSPS) is 15.2. The van der Waals surface area contributed by atoms with Crippen molar-refractivity contribution in [1.82, 2.24) is 68.8 Å². The van der Waals surface area contributed by atoms with Gasteiger partial charge in [-0.3, -0.25) is 67.1 Å². The van der Waals surface area contributed by atoms with Crippen LogP contribution in [-0.2, 0) is 80.0 Å². The third kappa shape index (κ3) is 26.8. The Kier molecular flexibility index (Phi) is 34.7. The van der Waals surface area contributed by atoms with Crippen molar-refractivity contribution in [1.29, 1.82) is 0 Å². The van der Waals surface area contributed by atoms with Crippen molar-refractivity contribution in [3.05, 3.63) is 71.9 Å². The second-order valence-corrected chi connectivity index (χ2v) is 23.5. The number of nitrogens with two attached hydrogens (primary N) is 4. The predicted octanol–water partition coefficient (Wildman–Crippen LogP) is -6.55. The van der Waals surface area contributed by atoms with Gasteiger partial charge in [0.05, 0.1) is 25.8 Å². The maximum Gasteiger partial charge on any atom is 0.325 e. The van der Waals surface area contributed by atoms with Crippen LogP contribution in [0.1, 0.15) is 91.2 Å². The molecule has 35 nitrogen and oxygen atoms in total. The van der Waals surface area contributed by atoms with Crippen LogP contribution in [0.15, 0.2) is 60.8 Å². The molecule has 25 N–H and O–H groups in total. The number of carboxylic acid groups (broad SMARTS) is 2. The van der Waals surface area contributed by atoms with Crippen LogP contribution in [0.2, 0.25) is 0 Å². The Morgan fingerprint density at radius 2 is 0.897 bits per heavy atom. The quantitative estimate of drug-likeness (QED) is 0.0250. The minimum atomic E-state index is -1.85. The first kappa shape index (κ1) is 81.6. The number of benzene rings is 2. The molecule has 3 rings (SSSR count). The molecule has 0 unspecified atom stereocenters. The molecule has 97 heavy (non-hydrogen) atoms. The summed E-state index contributed by atoms with van der Waals surface area (Å²) in [4.78, 5) is 190. The van der Waals surface area contributed by atoms with E-state index in [1.807, 2.05) is 0 Å². The Balaban J connectivity index is 1.85. The van der Waals surface area contributed by atoms with E-state index in [1.165, 1.54) is 13.8 Å². The van der Waals surface area contributed by atoms with Gasteiger partial charge in [0.2, 0.25) is 70.9 Å². The number of para-hydroxylation sites is 1. The van der Waals surface area contributed by atoms with Gasteiger partial charge in [-0.2, -0.15) is 0 Å². The van der Waals surface area contributed by atoms with Crippen LogP contribution in [0.5, 0.6) is 0 Å². The number of aliphatic hydroxyl groups excluding tert-OH is 2. The van der Waals surface area contributed by atoms with Crippen LogP contribution < -0.4 is 86.7 Å². The van der Waals surface area contributed by atoms with E-state index < -0.39 is 194 Å². The molecule has 1 heterocycles. The van der Waals surface area contributed by atoms with Crippen LogP contribution in [0.3, 0.4) is 0 Å². The van der Waals surface area contributed by atoms with Gasteiger partial charge in [-0.25, -0.2) is 0 Å². The number of aromatic nitrogens is 1. The Hall–Kier alpha value is -9.68. The molecule has 0 spiro atoms. The number of amides is 12. The van der Waals surface area contributed by atoms with Crippen molar-refractivity contribution in [2.75, 3.05) is 39.4 Å². The zero-order valence-corrected chi connectivity index (χ0v) is 55.1. The van der Waals surface area contributed by atoms with Gasteiger partial charge in [0.15, 0.2) is 0 Å². The summed E-state index contributed by atoms with van der Waals surface area (Å²) in [5.74, 6) is -15.1. The zero-order chi connectivity index (χ0) is 72.6. The molecule has 0 aliphatic rings. The van der Waals surface area contributed by atoms with Crippen LogP contribution in [0.4, 0.5) is 0 Å². The predicted molar refractivity (Wildman–Crippen MR) is 350 cm³/mol. The highest BCUT2D eigenvalue weighted by atomic mass is 16.4. The molecular weight excluding hydrogens is 1270 g/mol. The summed E-state index contributed by atoms with van der Waals surface area (Å²) in [6.07, 6.45) is -0.464. The number of hydrogen-bond acceptors (Lipinski definition) is 20. The first-order valence-electron chi connectivity index (χ1n) is 31.7. The van der Waals surface area contributed by atoms with Gasteiger partial charge in [-0.15, -0.1) is 0 Å². The smallest absolute Gasteiger partial charge is 0.325 e. The first-order chi connectivity index (χ1) is 45.9. The van der Waals surface area contributed by atoms with Gasteiger partial charge >= 0.3 is 11.9 Å². The summed E-state index contributed by atoms with van der Waals surface area (Å²) in [5.41, 5.74) is 24.9. The molecule has 0 radical (unpaired) electrons. The topological polar surface area (TPSA) is 584 Å². The van der Waals surface area contributed by atoms with Crippen LogP contribution in [0.25, 0.3) is 10.9 Å². The SMILES string of the molecule is CC[C@H](C)[C@@H](NC(=O)[C@H](C)NC(=O)[C@H](CCC(=O)O)NC(=O)[C@H](Cc1ccccc1)NC(=O)[C@@H](CCN)NC(=O)[C@H](CCN)NC(=O)[C@H](CO)NC(=O)[C@@H](Cc1c[nH]c2ccccc12)NC(=O)[C@@H](CO)NC(=O)CNC(=O)[C@@H](CCN)NC(=O)[C@H](N)C(C)C)C(=O)N[C@@H](C)C(=O)O. The van der Waals surface area contributed by atoms with E-state index in [1.54, 1.807) is 88.5 Å². The number of hydrogen-bond donors (Lipinski definition) is 21. The number of carbonyl (C=O) groups excluding carboxylic acids is 12. The van der Waals surface area contributed by atoms with Gasteiger partial charge in [0, 0.05) is 36.4 Å². The fraction of sp³-hybridized carbons (Fsp3) is 0.548. The van der Waals surface area contributed by atoms with Crippen molar-refractivity contribution >= 4 is 93.7 Å². The van der Waals surface area contributed by atoms with E-state index in [-0.39, 0.29) is 57.7 Å². The van der Waals surface area contributed by atoms with Crippen LogP contribution in [-0.4, -0.2) is 220 Å². The Morgan fingerprint density at radius 3 is 1.40 bits per heavy atom. The molecule has 0 aliphatic heterocycles. The monoisotopic (exact) mass is 1370 g/mol. The lowest BCUT2D eigenvalue weighted by Gasteiger charge is -2.28. The molecule has 2 aromatic carbocycles. The van der Waals surface area contributed by atoms with E-state index in [0.717, 1.165) is 0 Å². The largest absolute Gasteiger partial charge is 0.481 e. The second-order valence-electron chi connectivity index (χ2n) is 23.5.